The topological polar surface area (TPSA) is 69.5 Å². The minimum atomic E-state index is 0. The van der Waals surface area contributed by atoms with Crippen molar-refractivity contribution >= 4 is 47.2 Å². The van der Waals surface area contributed by atoms with Gasteiger partial charge in [0.25, 0.3) is 0 Å². The molecule has 3 heterocycles. The molecule has 0 bridgehead atoms. The van der Waals surface area contributed by atoms with Crippen LogP contribution in [-0.4, -0.2) is 65.1 Å². The van der Waals surface area contributed by atoms with Crippen molar-refractivity contribution in [2.45, 2.75) is 33.1 Å². The summed E-state index contributed by atoms with van der Waals surface area (Å²) < 4.78 is 0. The zero-order valence-corrected chi connectivity index (χ0v) is 20.0. The van der Waals surface area contributed by atoms with Crippen LogP contribution in [0.5, 0.6) is 0 Å². The number of hydrogen-bond acceptors (Lipinski definition) is 6. The number of hydrogen-bond donors (Lipinski definition) is 1. The molecule has 1 N–H and O–H groups in total. The van der Waals surface area contributed by atoms with Gasteiger partial charge in [-0.3, -0.25) is 4.99 Å². The fourth-order valence-electron chi connectivity index (χ4n) is 2.98. The summed E-state index contributed by atoms with van der Waals surface area (Å²) in [4.78, 5) is 22.8. The molecule has 7 nitrogen and oxygen atoms in total. The van der Waals surface area contributed by atoms with E-state index in [-0.39, 0.29) is 24.0 Å². The molecule has 3 rings (SSSR count). The van der Waals surface area contributed by atoms with Gasteiger partial charge in [0.15, 0.2) is 5.96 Å². The van der Waals surface area contributed by atoms with Gasteiger partial charge in [-0.2, -0.15) is 0 Å². The molecule has 1 fully saturated rings. The van der Waals surface area contributed by atoms with Gasteiger partial charge < -0.3 is 15.1 Å². The van der Waals surface area contributed by atoms with Crippen molar-refractivity contribution in [3.05, 3.63) is 34.5 Å². The van der Waals surface area contributed by atoms with Crippen LogP contribution in [-0.2, 0) is 6.42 Å². The summed E-state index contributed by atoms with van der Waals surface area (Å²) in [6, 6.07) is 1.85. The van der Waals surface area contributed by atoms with Crippen molar-refractivity contribution in [1.82, 2.24) is 25.2 Å². The van der Waals surface area contributed by atoms with Crippen molar-refractivity contribution in [3.8, 4) is 0 Å². The van der Waals surface area contributed by atoms with Gasteiger partial charge in [0.2, 0.25) is 5.95 Å². The Labute approximate surface area is 188 Å². The van der Waals surface area contributed by atoms with Gasteiger partial charge in [-0.15, -0.1) is 35.3 Å². The molecule has 2 aromatic heterocycles. The molecule has 0 spiro atoms. The second kappa shape index (κ2) is 11.5. The van der Waals surface area contributed by atoms with Gasteiger partial charge in [0.1, 0.15) is 0 Å². The zero-order chi connectivity index (χ0) is 19.1. The molecule has 1 aliphatic rings. The molecular weight excluding hydrogens is 485 g/mol. The van der Waals surface area contributed by atoms with Gasteiger partial charge in [0.05, 0.1) is 10.7 Å². The monoisotopic (exact) mass is 515 g/mol. The maximum absolute atomic E-state index is 4.83. The molecule has 0 amide bonds. The number of nitrogens with zero attached hydrogens (tertiary/aromatic N) is 6. The average molecular weight is 515 g/mol. The second-order valence-electron chi connectivity index (χ2n) is 6.84. The molecule has 0 radical (unpaired) electrons. The largest absolute Gasteiger partial charge is 0.357 e. The van der Waals surface area contributed by atoms with E-state index in [4.69, 9.17) is 9.98 Å². The van der Waals surface area contributed by atoms with E-state index >= 15 is 0 Å². The Morgan fingerprint density at radius 3 is 2.54 bits per heavy atom. The maximum atomic E-state index is 4.83. The first kappa shape index (κ1) is 22.8. The SMILES string of the molecule is CCNC(=NCCc1csc(C(C)C)n1)N1CCN(c2ncccn2)CC1.I. The lowest BCUT2D eigenvalue weighted by molar-refractivity contribution is 0.370. The third-order valence-electron chi connectivity index (χ3n) is 4.44. The van der Waals surface area contributed by atoms with E-state index in [0.717, 1.165) is 63.3 Å². The Balaban J connectivity index is 0.00000280. The van der Waals surface area contributed by atoms with Crippen LogP contribution in [0.1, 0.15) is 37.4 Å². The third kappa shape index (κ3) is 6.26. The highest BCUT2D eigenvalue weighted by Crippen LogP contribution is 2.19. The molecule has 0 atom stereocenters. The summed E-state index contributed by atoms with van der Waals surface area (Å²) in [5, 5.41) is 6.80. The number of aliphatic imine (C=N–C) groups is 1. The van der Waals surface area contributed by atoms with E-state index in [9.17, 15) is 0 Å². The lowest BCUT2D eigenvalue weighted by Gasteiger charge is -2.36. The van der Waals surface area contributed by atoms with Gasteiger partial charge in [-0.05, 0) is 13.0 Å². The first-order chi connectivity index (χ1) is 13.2. The molecule has 1 aliphatic heterocycles. The molecule has 0 aromatic carbocycles. The quantitative estimate of drug-likeness (QED) is 0.363. The van der Waals surface area contributed by atoms with E-state index in [1.54, 1.807) is 23.7 Å². The van der Waals surface area contributed by atoms with Crippen molar-refractivity contribution in [2.24, 2.45) is 4.99 Å². The van der Waals surface area contributed by atoms with E-state index in [2.05, 4.69) is 51.2 Å². The van der Waals surface area contributed by atoms with Gasteiger partial charge >= 0.3 is 0 Å². The molecule has 154 valence electrons. The highest BCUT2D eigenvalue weighted by molar-refractivity contribution is 14.0. The first-order valence-corrected chi connectivity index (χ1v) is 10.5. The van der Waals surface area contributed by atoms with E-state index < -0.39 is 0 Å². The Morgan fingerprint density at radius 2 is 1.93 bits per heavy atom. The number of thiazole rings is 1. The van der Waals surface area contributed by atoms with Crippen molar-refractivity contribution < 1.29 is 0 Å². The second-order valence-corrected chi connectivity index (χ2v) is 7.73. The van der Waals surface area contributed by atoms with Crippen molar-refractivity contribution in [2.75, 3.05) is 44.2 Å². The van der Waals surface area contributed by atoms with Crippen LogP contribution in [0, 0.1) is 0 Å². The maximum Gasteiger partial charge on any atom is 0.225 e. The number of piperazine rings is 1. The summed E-state index contributed by atoms with van der Waals surface area (Å²) in [5.74, 6) is 2.29. The van der Waals surface area contributed by atoms with Crippen LogP contribution in [0.25, 0.3) is 0 Å². The molecule has 2 aromatic rings. The normalized spacial score (nSPS) is 14.9. The Hall–Kier alpha value is -1.49. The Morgan fingerprint density at radius 1 is 1.21 bits per heavy atom. The summed E-state index contributed by atoms with van der Waals surface area (Å²) in [6.07, 6.45) is 4.47. The van der Waals surface area contributed by atoms with Crippen LogP contribution in [0.4, 0.5) is 5.95 Å². The fourth-order valence-corrected chi connectivity index (χ4v) is 3.85. The van der Waals surface area contributed by atoms with Gasteiger partial charge in [-0.1, -0.05) is 13.8 Å². The number of anilines is 1. The first-order valence-electron chi connectivity index (χ1n) is 9.67. The van der Waals surface area contributed by atoms with Crippen LogP contribution < -0.4 is 10.2 Å². The summed E-state index contributed by atoms with van der Waals surface area (Å²) in [7, 11) is 0. The lowest BCUT2D eigenvalue weighted by Crippen LogP contribution is -2.53. The van der Waals surface area contributed by atoms with Crippen LogP contribution in [0.15, 0.2) is 28.8 Å². The number of aromatic nitrogens is 3. The van der Waals surface area contributed by atoms with Gasteiger partial charge in [-0.25, -0.2) is 15.0 Å². The van der Waals surface area contributed by atoms with Crippen LogP contribution >= 0.6 is 35.3 Å². The molecule has 0 aliphatic carbocycles. The van der Waals surface area contributed by atoms with Crippen LogP contribution in [0.3, 0.4) is 0 Å². The minimum absolute atomic E-state index is 0. The highest BCUT2D eigenvalue weighted by atomic mass is 127. The lowest BCUT2D eigenvalue weighted by atomic mass is 10.2. The third-order valence-corrected chi connectivity index (χ3v) is 5.64. The number of nitrogens with one attached hydrogen (secondary N) is 1. The van der Waals surface area contributed by atoms with E-state index in [1.807, 2.05) is 6.07 Å². The molecule has 0 unspecified atom stereocenters. The molecule has 9 heteroatoms. The molecular formula is C19H30IN7S. The van der Waals surface area contributed by atoms with E-state index in [1.165, 1.54) is 5.01 Å². The molecule has 0 saturated carbocycles. The highest BCUT2D eigenvalue weighted by Gasteiger charge is 2.21. The van der Waals surface area contributed by atoms with E-state index in [0.29, 0.717) is 5.92 Å². The van der Waals surface area contributed by atoms with Crippen LogP contribution in [0.2, 0.25) is 0 Å². The summed E-state index contributed by atoms with van der Waals surface area (Å²) in [5.41, 5.74) is 1.15. The standard InChI is InChI=1S/C19H29N7S.HI/c1-4-20-18(23-9-6-16-14-27-17(24-16)15(2)3)25-10-12-26(13-11-25)19-21-7-5-8-22-19;/h5,7-8,14-15H,4,6,9-13H2,1-3H3,(H,20,23);1H. The summed E-state index contributed by atoms with van der Waals surface area (Å²) >= 11 is 1.75. The smallest absolute Gasteiger partial charge is 0.225 e. The molecule has 1 saturated heterocycles. The molecule has 28 heavy (non-hydrogen) atoms. The predicted molar refractivity (Wildman–Crippen MR) is 127 cm³/mol. The van der Waals surface area contributed by atoms with Gasteiger partial charge in [0, 0.05) is 69.4 Å². The minimum Gasteiger partial charge on any atom is -0.357 e. The number of rotatable bonds is 6. The van der Waals surface area contributed by atoms with Crippen molar-refractivity contribution in [1.29, 1.82) is 0 Å². The zero-order valence-electron chi connectivity index (χ0n) is 16.8. The fraction of sp³-hybridized carbons (Fsp3) is 0.579. The summed E-state index contributed by atoms with van der Waals surface area (Å²) in [6.45, 7) is 11.7. The number of halogens is 1. The average Bonchev–Trinajstić information content (AvgIpc) is 3.17. The Kier molecular flexibility index (Phi) is 9.36. The number of guanidine groups is 1. The Bertz CT molecular complexity index is 727. The predicted octanol–water partition coefficient (Wildman–Crippen LogP) is 3.00. The van der Waals surface area contributed by atoms with Crippen molar-refractivity contribution in [3.63, 3.8) is 0 Å².